The number of fused-ring (bicyclic) bond motifs is 1. The maximum Gasteiger partial charge on any atom is 0.343 e. The molecule has 128 valence electrons. The Morgan fingerprint density at radius 1 is 0.920 bits per heavy atom. The zero-order valence-electron chi connectivity index (χ0n) is 13.2. The third kappa shape index (κ3) is 3.42. The van der Waals surface area contributed by atoms with E-state index in [0.29, 0.717) is 18.1 Å². The average molecular weight is 346 g/mol. The largest absolute Gasteiger partial charge is 0.494 e. The molecule has 0 saturated heterocycles. The number of hydrogen-bond donors (Lipinski definition) is 0. The summed E-state index contributed by atoms with van der Waals surface area (Å²) in [7, 11) is 0. The summed E-state index contributed by atoms with van der Waals surface area (Å²) >= 11 is 0. The van der Waals surface area contributed by atoms with Gasteiger partial charge in [-0.2, -0.15) is 0 Å². The summed E-state index contributed by atoms with van der Waals surface area (Å²) in [6.07, 6.45) is 0. The van der Waals surface area contributed by atoms with Crippen molar-refractivity contribution in [2.24, 2.45) is 0 Å². The Labute approximate surface area is 141 Å². The average Bonchev–Trinajstić information content (AvgIpc) is 2.61. The van der Waals surface area contributed by atoms with Gasteiger partial charge in [0.1, 0.15) is 11.5 Å². The van der Waals surface area contributed by atoms with Crippen molar-refractivity contribution in [1.82, 2.24) is 0 Å². The van der Waals surface area contributed by atoms with E-state index in [0.717, 1.165) is 6.07 Å². The van der Waals surface area contributed by atoms with Gasteiger partial charge in [0, 0.05) is 5.39 Å². The number of halogens is 3. The van der Waals surface area contributed by atoms with Crippen molar-refractivity contribution in [3.05, 3.63) is 71.5 Å². The molecule has 3 nitrogen and oxygen atoms in total. The lowest BCUT2D eigenvalue weighted by atomic mass is 10.1. The van der Waals surface area contributed by atoms with Crippen LogP contribution in [-0.2, 0) is 0 Å². The highest BCUT2D eigenvalue weighted by molar-refractivity contribution is 5.96. The van der Waals surface area contributed by atoms with Crippen LogP contribution in [0.1, 0.15) is 17.3 Å². The van der Waals surface area contributed by atoms with E-state index in [9.17, 15) is 18.0 Å². The SMILES string of the molecule is CCOc1ccc(OC(=O)c2ccc3c(F)c(F)c(F)cc3c2)cc1. The van der Waals surface area contributed by atoms with Gasteiger partial charge in [-0.3, -0.25) is 0 Å². The van der Waals surface area contributed by atoms with Crippen molar-refractivity contribution in [3.63, 3.8) is 0 Å². The van der Waals surface area contributed by atoms with Gasteiger partial charge in [0.05, 0.1) is 12.2 Å². The first-order valence-electron chi connectivity index (χ1n) is 7.52. The fourth-order valence-corrected chi connectivity index (χ4v) is 2.37. The highest BCUT2D eigenvalue weighted by atomic mass is 19.2. The lowest BCUT2D eigenvalue weighted by Gasteiger charge is -2.08. The molecule has 0 spiro atoms. The fourth-order valence-electron chi connectivity index (χ4n) is 2.37. The number of rotatable bonds is 4. The van der Waals surface area contributed by atoms with Crippen molar-refractivity contribution in [3.8, 4) is 11.5 Å². The fraction of sp³-hybridized carbons (Fsp3) is 0.105. The lowest BCUT2D eigenvalue weighted by Crippen LogP contribution is -2.08. The normalized spacial score (nSPS) is 10.7. The summed E-state index contributed by atoms with van der Waals surface area (Å²) in [5.41, 5.74) is 0.0896. The van der Waals surface area contributed by atoms with Crippen molar-refractivity contribution < 1.29 is 27.4 Å². The Morgan fingerprint density at radius 2 is 1.60 bits per heavy atom. The Kier molecular flexibility index (Phi) is 4.61. The molecule has 6 heteroatoms. The minimum absolute atomic E-state index is 0.0672. The van der Waals surface area contributed by atoms with Crippen LogP contribution in [-0.4, -0.2) is 12.6 Å². The Balaban J connectivity index is 1.85. The van der Waals surface area contributed by atoms with Crippen LogP contribution in [0.3, 0.4) is 0 Å². The van der Waals surface area contributed by atoms with Crippen molar-refractivity contribution in [2.45, 2.75) is 6.92 Å². The summed E-state index contributed by atoms with van der Waals surface area (Å²) in [5, 5.41) is -0.0472. The van der Waals surface area contributed by atoms with Crippen LogP contribution in [0.2, 0.25) is 0 Å². The molecule has 25 heavy (non-hydrogen) atoms. The lowest BCUT2D eigenvalue weighted by molar-refractivity contribution is 0.0734. The van der Waals surface area contributed by atoms with E-state index in [1.807, 2.05) is 6.92 Å². The number of hydrogen-bond acceptors (Lipinski definition) is 3. The van der Waals surface area contributed by atoms with E-state index in [-0.39, 0.29) is 16.3 Å². The van der Waals surface area contributed by atoms with Crippen LogP contribution >= 0.6 is 0 Å². The second-order valence-electron chi connectivity index (χ2n) is 5.22. The van der Waals surface area contributed by atoms with E-state index in [2.05, 4.69) is 0 Å². The molecule has 0 unspecified atom stereocenters. The summed E-state index contributed by atoms with van der Waals surface area (Å²) in [4.78, 5) is 12.2. The smallest absolute Gasteiger partial charge is 0.343 e. The number of benzene rings is 3. The molecule has 3 aromatic carbocycles. The van der Waals surface area contributed by atoms with Crippen LogP contribution in [0.4, 0.5) is 13.2 Å². The molecule has 0 aliphatic carbocycles. The summed E-state index contributed by atoms with van der Waals surface area (Å²) in [6.45, 7) is 2.37. The third-order valence-corrected chi connectivity index (χ3v) is 3.55. The summed E-state index contributed by atoms with van der Waals surface area (Å²) in [6, 6.07) is 11.0. The van der Waals surface area contributed by atoms with Gasteiger partial charge in [-0.25, -0.2) is 18.0 Å². The van der Waals surface area contributed by atoms with Gasteiger partial charge < -0.3 is 9.47 Å². The molecular formula is C19H13F3O3. The number of carbonyl (C=O) groups excluding carboxylic acids is 1. The van der Waals surface area contributed by atoms with Crippen molar-refractivity contribution in [2.75, 3.05) is 6.61 Å². The maximum atomic E-state index is 13.7. The highest BCUT2D eigenvalue weighted by Crippen LogP contribution is 2.25. The maximum absolute atomic E-state index is 13.7. The zero-order valence-corrected chi connectivity index (χ0v) is 13.2. The molecule has 0 aliphatic heterocycles. The monoisotopic (exact) mass is 346 g/mol. The number of carbonyl (C=O) groups is 1. The van der Waals surface area contributed by atoms with E-state index < -0.39 is 23.4 Å². The number of ether oxygens (including phenoxy) is 2. The Hall–Kier alpha value is -3.02. The summed E-state index contributed by atoms with van der Waals surface area (Å²) in [5.74, 6) is -3.91. The van der Waals surface area contributed by atoms with Gasteiger partial charge in [0.15, 0.2) is 17.5 Å². The van der Waals surface area contributed by atoms with Crippen LogP contribution in [0.25, 0.3) is 10.8 Å². The first-order chi connectivity index (χ1) is 12.0. The topological polar surface area (TPSA) is 35.5 Å². The molecular weight excluding hydrogens is 333 g/mol. The van der Waals surface area contributed by atoms with Crippen LogP contribution in [0.5, 0.6) is 11.5 Å². The minimum atomic E-state index is -1.54. The van der Waals surface area contributed by atoms with Gasteiger partial charge in [-0.05, 0) is 54.8 Å². The molecule has 0 radical (unpaired) electrons. The van der Waals surface area contributed by atoms with Gasteiger partial charge in [0.2, 0.25) is 0 Å². The predicted octanol–water partition coefficient (Wildman–Crippen LogP) is 4.88. The quantitative estimate of drug-likeness (QED) is 0.384. The molecule has 0 amide bonds. The molecule has 0 saturated carbocycles. The Bertz CT molecular complexity index is 937. The van der Waals surface area contributed by atoms with Gasteiger partial charge in [-0.15, -0.1) is 0 Å². The van der Waals surface area contributed by atoms with Gasteiger partial charge in [0.25, 0.3) is 0 Å². The molecule has 0 heterocycles. The molecule has 0 bridgehead atoms. The van der Waals surface area contributed by atoms with Gasteiger partial charge >= 0.3 is 5.97 Å². The molecule has 3 rings (SSSR count). The first-order valence-corrected chi connectivity index (χ1v) is 7.52. The first kappa shape index (κ1) is 16.8. The van der Waals surface area contributed by atoms with Gasteiger partial charge in [-0.1, -0.05) is 6.07 Å². The van der Waals surface area contributed by atoms with Crippen LogP contribution < -0.4 is 9.47 Å². The molecule has 0 aromatic heterocycles. The molecule has 0 aliphatic rings. The standard InChI is InChI=1S/C19H13F3O3/c1-2-24-13-4-6-14(7-5-13)25-19(23)11-3-8-15-12(9-11)10-16(20)18(22)17(15)21/h3-10H,2H2,1H3. The number of esters is 1. The Morgan fingerprint density at radius 3 is 2.28 bits per heavy atom. The second kappa shape index (κ2) is 6.84. The minimum Gasteiger partial charge on any atom is -0.494 e. The highest BCUT2D eigenvalue weighted by Gasteiger charge is 2.16. The predicted molar refractivity (Wildman–Crippen MR) is 86.4 cm³/mol. The molecule has 3 aromatic rings. The van der Waals surface area contributed by atoms with E-state index in [1.165, 1.54) is 18.2 Å². The van der Waals surface area contributed by atoms with E-state index in [1.54, 1.807) is 24.3 Å². The molecule has 0 atom stereocenters. The van der Waals surface area contributed by atoms with E-state index in [4.69, 9.17) is 9.47 Å². The van der Waals surface area contributed by atoms with Crippen molar-refractivity contribution >= 4 is 16.7 Å². The van der Waals surface area contributed by atoms with Crippen molar-refractivity contribution in [1.29, 1.82) is 0 Å². The zero-order chi connectivity index (χ0) is 18.0. The third-order valence-electron chi connectivity index (χ3n) is 3.55. The molecule has 0 N–H and O–H groups in total. The second-order valence-corrected chi connectivity index (χ2v) is 5.22. The summed E-state index contributed by atoms with van der Waals surface area (Å²) < 4.78 is 50.8. The molecule has 0 fully saturated rings. The van der Waals surface area contributed by atoms with Crippen LogP contribution in [0, 0.1) is 17.5 Å². The van der Waals surface area contributed by atoms with Crippen LogP contribution in [0.15, 0.2) is 48.5 Å². The van der Waals surface area contributed by atoms with E-state index >= 15 is 0 Å².